The minimum atomic E-state index is -4.64. The third kappa shape index (κ3) is 4.44. The van der Waals surface area contributed by atoms with Crippen molar-refractivity contribution in [3.05, 3.63) is 70.8 Å². The molecule has 0 fully saturated rings. The molecule has 7 nitrogen and oxygen atoms in total. The molecule has 4 bridgehead atoms. The van der Waals surface area contributed by atoms with Gasteiger partial charge in [0.25, 0.3) is 15.9 Å². The van der Waals surface area contributed by atoms with Gasteiger partial charge in [0.1, 0.15) is 28.9 Å². The number of rotatable bonds is 0. The molecule has 1 atom stereocenters. The molecule has 0 aromatic heterocycles. The largest absolute Gasteiger partial charge is 0.505 e. The van der Waals surface area contributed by atoms with Gasteiger partial charge in [-0.05, 0) is 31.2 Å². The second kappa shape index (κ2) is 8.53. The summed E-state index contributed by atoms with van der Waals surface area (Å²) >= 11 is 5.95. The highest BCUT2D eigenvalue weighted by Crippen LogP contribution is 2.37. The molecule has 0 unspecified atom stereocenters. The van der Waals surface area contributed by atoms with Gasteiger partial charge in [-0.25, -0.2) is 17.2 Å². The first-order chi connectivity index (χ1) is 15.6. The molecule has 3 aromatic rings. The second-order valence-electron chi connectivity index (χ2n) is 7.40. The van der Waals surface area contributed by atoms with Gasteiger partial charge in [0.05, 0.1) is 16.8 Å². The van der Waals surface area contributed by atoms with Crippen molar-refractivity contribution in [3.63, 3.8) is 0 Å². The smallest absolute Gasteiger partial charge is 0.265 e. The van der Waals surface area contributed by atoms with Gasteiger partial charge in [-0.1, -0.05) is 29.8 Å². The van der Waals surface area contributed by atoms with E-state index in [1.807, 2.05) is 4.72 Å². The van der Waals surface area contributed by atoms with Crippen molar-refractivity contribution in [3.8, 4) is 22.6 Å². The van der Waals surface area contributed by atoms with Crippen LogP contribution in [0, 0.1) is 11.6 Å². The Kier molecular flexibility index (Phi) is 5.89. The van der Waals surface area contributed by atoms with Crippen LogP contribution in [0.3, 0.4) is 0 Å². The third-order valence-electron chi connectivity index (χ3n) is 4.92. The number of phenols is 1. The summed E-state index contributed by atoms with van der Waals surface area (Å²) < 4.78 is 63.0. The van der Waals surface area contributed by atoms with Crippen LogP contribution in [0.5, 0.6) is 11.5 Å². The maximum Gasteiger partial charge on any atom is 0.265 e. The number of carbonyl (C=O) groups is 1. The summed E-state index contributed by atoms with van der Waals surface area (Å²) in [5.41, 5.74) is -0.599. The number of phenolic OH excluding ortho intramolecular Hbond substituents is 1. The number of sulfonamides is 1. The van der Waals surface area contributed by atoms with Crippen molar-refractivity contribution in [2.24, 2.45) is 0 Å². The van der Waals surface area contributed by atoms with E-state index in [2.05, 4.69) is 5.32 Å². The minimum Gasteiger partial charge on any atom is -0.505 e. The number of nitrogens with one attached hydrogen (secondary N) is 2. The fourth-order valence-corrected chi connectivity index (χ4v) is 4.80. The van der Waals surface area contributed by atoms with Crippen LogP contribution >= 0.6 is 11.6 Å². The minimum absolute atomic E-state index is 0.00630. The molecule has 3 aromatic carbocycles. The first-order valence-corrected chi connectivity index (χ1v) is 11.5. The Morgan fingerprint density at radius 1 is 1.09 bits per heavy atom. The maximum atomic E-state index is 14.7. The van der Waals surface area contributed by atoms with Gasteiger partial charge < -0.3 is 15.2 Å². The maximum absolute atomic E-state index is 14.7. The van der Waals surface area contributed by atoms with E-state index in [-0.39, 0.29) is 29.0 Å². The van der Waals surface area contributed by atoms with E-state index >= 15 is 0 Å². The highest BCUT2D eigenvalue weighted by Gasteiger charge is 2.26. The van der Waals surface area contributed by atoms with Crippen molar-refractivity contribution >= 4 is 33.2 Å². The topological polar surface area (TPSA) is 105 Å². The zero-order chi connectivity index (χ0) is 23.9. The third-order valence-corrected chi connectivity index (χ3v) is 6.59. The lowest BCUT2D eigenvalue weighted by atomic mass is 10.0. The number of para-hydroxylation sites is 1. The molecule has 0 radical (unpaired) electrons. The number of ether oxygens (including phenoxy) is 1. The van der Waals surface area contributed by atoms with Crippen LogP contribution in [-0.4, -0.2) is 32.1 Å². The molecular weight excluding hydrogens is 478 g/mol. The van der Waals surface area contributed by atoms with E-state index in [9.17, 15) is 27.1 Å². The lowest BCUT2D eigenvalue weighted by Crippen LogP contribution is -2.37. The number of benzene rings is 3. The summed E-state index contributed by atoms with van der Waals surface area (Å²) in [6, 6.07) is 9.34. The first kappa shape index (κ1) is 22.8. The SMILES string of the molecule is C[C@@H]1COc2ccccc2-c2cc(c(F)cc2F)NS(=O)(=O)c2cc(cc(Cl)c2O)C(=O)N1. The Labute approximate surface area is 193 Å². The summed E-state index contributed by atoms with van der Waals surface area (Å²) in [5, 5.41) is 12.5. The summed E-state index contributed by atoms with van der Waals surface area (Å²) in [7, 11) is -4.64. The van der Waals surface area contributed by atoms with Gasteiger partial charge in [-0.3, -0.25) is 9.52 Å². The summed E-state index contributed by atoms with van der Waals surface area (Å²) in [4.78, 5) is 11.9. The molecule has 11 heteroatoms. The van der Waals surface area contributed by atoms with E-state index in [1.165, 1.54) is 6.07 Å². The molecule has 1 heterocycles. The quantitative estimate of drug-likeness (QED) is 0.432. The summed E-state index contributed by atoms with van der Waals surface area (Å²) in [5.74, 6) is -3.38. The Bertz CT molecular complexity index is 1380. The van der Waals surface area contributed by atoms with Crippen LogP contribution in [-0.2, 0) is 10.0 Å². The molecule has 172 valence electrons. The van der Waals surface area contributed by atoms with Crippen LogP contribution in [0.25, 0.3) is 11.1 Å². The van der Waals surface area contributed by atoms with Crippen LogP contribution in [0.1, 0.15) is 17.3 Å². The van der Waals surface area contributed by atoms with E-state index in [4.69, 9.17) is 16.3 Å². The summed E-state index contributed by atoms with van der Waals surface area (Å²) in [6.07, 6.45) is 0. The zero-order valence-corrected chi connectivity index (χ0v) is 18.6. The molecule has 1 aliphatic rings. The molecule has 0 aliphatic carbocycles. The lowest BCUT2D eigenvalue weighted by Gasteiger charge is -2.17. The van der Waals surface area contributed by atoms with Gasteiger partial charge in [0, 0.05) is 22.8 Å². The number of fused-ring (bicyclic) bond motifs is 6. The number of anilines is 1. The predicted octanol–water partition coefficient (Wildman–Crippen LogP) is 4.30. The van der Waals surface area contributed by atoms with E-state index < -0.39 is 55.0 Å². The zero-order valence-electron chi connectivity index (χ0n) is 17.0. The van der Waals surface area contributed by atoms with Crippen LogP contribution in [0.2, 0.25) is 5.02 Å². The highest BCUT2D eigenvalue weighted by atomic mass is 35.5. The van der Waals surface area contributed by atoms with Crippen molar-refractivity contribution in [1.29, 1.82) is 0 Å². The Morgan fingerprint density at radius 3 is 2.58 bits per heavy atom. The molecular formula is C22H17ClF2N2O5S. The van der Waals surface area contributed by atoms with E-state index in [1.54, 1.807) is 25.1 Å². The second-order valence-corrected chi connectivity index (χ2v) is 9.46. The van der Waals surface area contributed by atoms with E-state index in [0.717, 1.165) is 18.2 Å². The average Bonchev–Trinajstić information content (AvgIpc) is 2.75. The van der Waals surface area contributed by atoms with E-state index in [0.29, 0.717) is 6.07 Å². The normalized spacial score (nSPS) is 17.5. The fraction of sp³-hybridized carbons (Fsp3) is 0.136. The molecule has 33 heavy (non-hydrogen) atoms. The molecule has 0 saturated carbocycles. The van der Waals surface area contributed by atoms with Crippen LogP contribution in [0.15, 0.2) is 53.4 Å². The van der Waals surface area contributed by atoms with Gasteiger partial charge in [-0.2, -0.15) is 0 Å². The number of halogens is 3. The molecule has 4 rings (SSSR count). The van der Waals surface area contributed by atoms with Gasteiger partial charge >= 0.3 is 0 Å². The number of amides is 1. The van der Waals surface area contributed by atoms with Gasteiger partial charge in [-0.15, -0.1) is 0 Å². The number of hydrogen-bond donors (Lipinski definition) is 3. The van der Waals surface area contributed by atoms with Crippen molar-refractivity contribution in [1.82, 2.24) is 5.32 Å². The average molecular weight is 495 g/mol. The van der Waals surface area contributed by atoms with Crippen molar-refractivity contribution in [2.45, 2.75) is 17.9 Å². The highest BCUT2D eigenvalue weighted by molar-refractivity contribution is 7.92. The number of aromatic hydroxyl groups is 1. The fourth-order valence-electron chi connectivity index (χ4n) is 3.32. The Hall–Kier alpha value is -3.37. The van der Waals surface area contributed by atoms with Crippen molar-refractivity contribution < 1.29 is 31.8 Å². The Morgan fingerprint density at radius 2 is 1.82 bits per heavy atom. The number of carbonyl (C=O) groups excluding carboxylic acids is 1. The molecule has 1 amide bonds. The van der Waals surface area contributed by atoms with Crippen LogP contribution < -0.4 is 14.8 Å². The molecule has 1 aliphatic heterocycles. The monoisotopic (exact) mass is 494 g/mol. The molecule has 0 saturated heterocycles. The van der Waals surface area contributed by atoms with Crippen molar-refractivity contribution in [2.75, 3.05) is 11.3 Å². The number of hydrogen-bond acceptors (Lipinski definition) is 5. The lowest BCUT2D eigenvalue weighted by molar-refractivity contribution is 0.0926. The summed E-state index contributed by atoms with van der Waals surface area (Å²) in [6.45, 7) is 1.64. The van der Waals surface area contributed by atoms with Crippen LogP contribution in [0.4, 0.5) is 14.5 Å². The molecule has 3 N–H and O–H groups in total. The standard InChI is InChI=1S/C22H17ClF2N2O5S/c1-11-10-32-19-5-3-2-4-13(19)14-8-18(17(25)9-16(14)24)27-33(30,31)20-7-12(22(29)26-11)6-15(23)21(20)28/h2-9,11,27-28H,10H2,1H3,(H,26,29)/t11-/m1/s1. The first-order valence-electron chi connectivity index (χ1n) is 9.64. The van der Waals surface area contributed by atoms with Gasteiger partial charge in [0.2, 0.25) is 0 Å². The van der Waals surface area contributed by atoms with Gasteiger partial charge in [0.15, 0.2) is 5.75 Å². The Balaban J connectivity index is 1.95. The molecule has 0 spiro atoms. The predicted molar refractivity (Wildman–Crippen MR) is 118 cm³/mol.